The molecule has 4 heteroatoms. The molecule has 0 bridgehead atoms. The second-order valence-corrected chi connectivity index (χ2v) is 8.07. The summed E-state index contributed by atoms with van der Waals surface area (Å²) in [7, 11) is 0. The summed E-state index contributed by atoms with van der Waals surface area (Å²) in [4.78, 5) is 15.1. The third-order valence-electron chi connectivity index (χ3n) is 5.50. The number of carbonyl (C=O) groups excluding carboxylic acids is 1. The van der Waals surface area contributed by atoms with E-state index in [1.54, 1.807) is 0 Å². The lowest BCUT2D eigenvalue weighted by atomic mass is 9.80. The molecule has 0 aromatic carbocycles. The number of carbonyl (C=O) groups is 1. The zero-order valence-corrected chi connectivity index (χ0v) is 13.9. The van der Waals surface area contributed by atoms with E-state index in [1.807, 2.05) is 0 Å². The second-order valence-electron chi connectivity index (χ2n) is 6.51. The summed E-state index contributed by atoms with van der Waals surface area (Å²) >= 11 is 2.12. The van der Waals surface area contributed by atoms with Gasteiger partial charge in [0.25, 0.3) is 0 Å². The van der Waals surface area contributed by atoms with Gasteiger partial charge in [-0.2, -0.15) is 11.8 Å². The SMILES string of the molecule is CCC(CC)(CN)C(=O)N1CCSC2(CCCCC2)C1. The molecule has 0 radical (unpaired) electrons. The van der Waals surface area contributed by atoms with E-state index in [1.165, 1.54) is 32.1 Å². The maximum absolute atomic E-state index is 13.0. The molecule has 20 heavy (non-hydrogen) atoms. The Balaban J connectivity index is 2.09. The van der Waals surface area contributed by atoms with E-state index in [0.717, 1.165) is 31.7 Å². The van der Waals surface area contributed by atoms with Crippen molar-refractivity contribution >= 4 is 17.7 Å². The smallest absolute Gasteiger partial charge is 0.230 e. The first-order chi connectivity index (χ1) is 9.61. The zero-order valence-electron chi connectivity index (χ0n) is 13.1. The molecular weight excluding hydrogens is 268 g/mol. The normalized spacial score (nSPS) is 23.1. The Morgan fingerprint density at radius 3 is 2.45 bits per heavy atom. The van der Waals surface area contributed by atoms with Crippen molar-refractivity contribution in [1.82, 2.24) is 4.90 Å². The first kappa shape index (κ1) is 16.2. The van der Waals surface area contributed by atoms with E-state index in [9.17, 15) is 4.79 Å². The first-order valence-corrected chi connectivity index (χ1v) is 9.23. The standard InChI is InChI=1S/C16H30N2OS/c1-3-15(4-2,12-17)14(19)18-10-11-20-16(13-18)8-6-5-7-9-16/h3-13,17H2,1-2H3. The predicted octanol–water partition coefficient (Wildman–Crippen LogP) is 3.03. The summed E-state index contributed by atoms with van der Waals surface area (Å²) in [6, 6.07) is 0. The first-order valence-electron chi connectivity index (χ1n) is 8.25. The summed E-state index contributed by atoms with van der Waals surface area (Å²) in [6.07, 6.45) is 8.32. The molecule has 0 unspecified atom stereocenters. The van der Waals surface area contributed by atoms with Crippen LogP contribution in [-0.4, -0.2) is 40.9 Å². The Hall–Kier alpha value is -0.220. The molecule has 3 nitrogen and oxygen atoms in total. The molecule has 2 rings (SSSR count). The van der Waals surface area contributed by atoms with Crippen LogP contribution in [0.5, 0.6) is 0 Å². The molecule has 1 saturated heterocycles. The van der Waals surface area contributed by atoms with Crippen molar-refractivity contribution in [3.05, 3.63) is 0 Å². The van der Waals surface area contributed by atoms with Crippen molar-refractivity contribution in [3.8, 4) is 0 Å². The van der Waals surface area contributed by atoms with Crippen LogP contribution in [0.4, 0.5) is 0 Å². The van der Waals surface area contributed by atoms with Gasteiger partial charge >= 0.3 is 0 Å². The lowest BCUT2D eigenvalue weighted by Crippen LogP contribution is -2.55. The van der Waals surface area contributed by atoms with Gasteiger partial charge in [-0.15, -0.1) is 0 Å². The van der Waals surface area contributed by atoms with Crippen molar-refractivity contribution in [1.29, 1.82) is 0 Å². The molecule has 1 aliphatic carbocycles. The quantitative estimate of drug-likeness (QED) is 0.868. The van der Waals surface area contributed by atoms with E-state index < -0.39 is 0 Å². The predicted molar refractivity (Wildman–Crippen MR) is 86.9 cm³/mol. The van der Waals surface area contributed by atoms with E-state index in [4.69, 9.17) is 5.73 Å². The van der Waals surface area contributed by atoms with Crippen molar-refractivity contribution in [2.24, 2.45) is 11.1 Å². The van der Waals surface area contributed by atoms with Crippen molar-refractivity contribution in [2.75, 3.05) is 25.4 Å². The molecule has 2 aliphatic rings. The summed E-state index contributed by atoms with van der Waals surface area (Å²) in [5, 5.41) is 0. The highest BCUT2D eigenvalue weighted by Gasteiger charge is 2.43. The van der Waals surface area contributed by atoms with E-state index in [-0.39, 0.29) is 5.41 Å². The van der Waals surface area contributed by atoms with Crippen LogP contribution in [0, 0.1) is 5.41 Å². The molecule has 2 fully saturated rings. The second kappa shape index (κ2) is 6.69. The van der Waals surface area contributed by atoms with Crippen molar-refractivity contribution in [2.45, 2.75) is 63.5 Å². The molecule has 1 spiro atoms. The third-order valence-corrected chi connectivity index (χ3v) is 7.03. The minimum Gasteiger partial charge on any atom is -0.340 e. The van der Waals surface area contributed by atoms with Crippen LogP contribution in [0.1, 0.15) is 58.8 Å². The zero-order chi connectivity index (χ0) is 14.6. The molecule has 0 aromatic heterocycles. The number of hydrogen-bond donors (Lipinski definition) is 1. The average molecular weight is 298 g/mol. The van der Waals surface area contributed by atoms with Crippen LogP contribution in [0.3, 0.4) is 0 Å². The van der Waals surface area contributed by atoms with Gasteiger partial charge in [0.2, 0.25) is 5.91 Å². The molecule has 0 atom stereocenters. The van der Waals surface area contributed by atoms with Crippen LogP contribution in [-0.2, 0) is 4.79 Å². The van der Waals surface area contributed by atoms with Gasteiger partial charge in [0.1, 0.15) is 0 Å². The fraction of sp³-hybridized carbons (Fsp3) is 0.938. The van der Waals surface area contributed by atoms with Gasteiger partial charge in [-0.1, -0.05) is 33.1 Å². The molecule has 2 N–H and O–H groups in total. The minimum absolute atomic E-state index is 0.315. The number of nitrogens with zero attached hydrogens (tertiary/aromatic N) is 1. The molecule has 1 aliphatic heterocycles. The lowest BCUT2D eigenvalue weighted by Gasteiger charge is -2.47. The fourth-order valence-electron chi connectivity index (χ4n) is 3.78. The summed E-state index contributed by atoms with van der Waals surface area (Å²) in [6.45, 7) is 6.55. The van der Waals surface area contributed by atoms with Crippen molar-refractivity contribution in [3.63, 3.8) is 0 Å². The minimum atomic E-state index is -0.322. The number of rotatable bonds is 4. The Bertz CT molecular complexity index is 322. The van der Waals surface area contributed by atoms with Crippen LogP contribution in [0.15, 0.2) is 0 Å². The van der Waals surface area contributed by atoms with Gasteiger partial charge in [-0.3, -0.25) is 4.79 Å². The molecule has 0 aromatic rings. The number of nitrogens with two attached hydrogens (primary N) is 1. The summed E-state index contributed by atoms with van der Waals surface area (Å²) < 4.78 is 0.355. The van der Waals surface area contributed by atoms with Gasteiger partial charge in [0, 0.05) is 30.1 Å². The Labute approximate surface area is 128 Å². The molecular formula is C16H30N2OS. The van der Waals surface area contributed by atoms with Crippen LogP contribution >= 0.6 is 11.8 Å². The Morgan fingerprint density at radius 1 is 1.25 bits per heavy atom. The molecule has 116 valence electrons. The van der Waals surface area contributed by atoms with Crippen LogP contribution in [0.2, 0.25) is 0 Å². The van der Waals surface area contributed by atoms with Gasteiger partial charge in [0.05, 0.1) is 5.41 Å². The summed E-state index contributed by atoms with van der Waals surface area (Å²) in [5.41, 5.74) is 5.63. The van der Waals surface area contributed by atoms with Gasteiger partial charge in [0.15, 0.2) is 0 Å². The average Bonchev–Trinajstić information content (AvgIpc) is 2.50. The van der Waals surface area contributed by atoms with Gasteiger partial charge in [-0.25, -0.2) is 0 Å². The monoisotopic (exact) mass is 298 g/mol. The van der Waals surface area contributed by atoms with Gasteiger partial charge in [-0.05, 0) is 25.7 Å². The maximum atomic E-state index is 13.0. The van der Waals surface area contributed by atoms with E-state index >= 15 is 0 Å². The molecule has 1 heterocycles. The fourth-order valence-corrected chi connectivity index (χ4v) is 5.35. The lowest BCUT2D eigenvalue weighted by molar-refractivity contribution is -0.142. The highest BCUT2D eigenvalue weighted by Crippen LogP contribution is 2.43. The van der Waals surface area contributed by atoms with E-state index in [2.05, 4.69) is 30.5 Å². The summed E-state index contributed by atoms with van der Waals surface area (Å²) in [5.74, 6) is 1.41. The van der Waals surface area contributed by atoms with Crippen LogP contribution in [0.25, 0.3) is 0 Å². The number of thioether (sulfide) groups is 1. The van der Waals surface area contributed by atoms with Crippen LogP contribution < -0.4 is 5.73 Å². The van der Waals surface area contributed by atoms with Crippen molar-refractivity contribution < 1.29 is 4.79 Å². The van der Waals surface area contributed by atoms with E-state index in [0.29, 0.717) is 17.2 Å². The Kier molecular flexibility index (Phi) is 5.41. The third kappa shape index (κ3) is 3.01. The molecule has 1 saturated carbocycles. The highest BCUT2D eigenvalue weighted by atomic mass is 32.2. The number of hydrogen-bond acceptors (Lipinski definition) is 3. The van der Waals surface area contributed by atoms with Gasteiger partial charge < -0.3 is 10.6 Å². The number of amides is 1. The highest BCUT2D eigenvalue weighted by molar-refractivity contribution is 8.00. The molecule has 1 amide bonds. The maximum Gasteiger partial charge on any atom is 0.230 e. The largest absolute Gasteiger partial charge is 0.340 e. The Morgan fingerprint density at radius 2 is 1.90 bits per heavy atom. The topological polar surface area (TPSA) is 46.3 Å².